The maximum atomic E-state index is 12.9. The molecule has 0 aliphatic carbocycles. The van der Waals surface area contributed by atoms with Crippen LogP contribution in [0.4, 0.5) is 15.9 Å². The molecule has 1 heterocycles. The van der Waals surface area contributed by atoms with Gasteiger partial charge in [-0.15, -0.1) is 0 Å². The minimum Gasteiger partial charge on any atom is -0.389 e. The molecular weight excluding hydrogens is 231 g/mol. The molecule has 1 N–H and O–H groups in total. The Morgan fingerprint density at radius 2 is 1.89 bits per heavy atom. The highest BCUT2D eigenvalue weighted by Crippen LogP contribution is 2.28. The second kappa shape index (κ2) is 5.14. The third kappa shape index (κ3) is 2.49. The van der Waals surface area contributed by atoms with Crippen LogP contribution in [0.5, 0.6) is 0 Å². The summed E-state index contributed by atoms with van der Waals surface area (Å²) in [4.78, 5) is 6.09. The number of aliphatic hydroxyl groups is 1. The Bertz CT molecular complexity index is 526. The van der Waals surface area contributed by atoms with E-state index in [1.165, 1.54) is 12.1 Å². The van der Waals surface area contributed by atoms with Gasteiger partial charge in [-0.1, -0.05) is 6.07 Å². The van der Waals surface area contributed by atoms with Crippen molar-refractivity contribution < 1.29 is 9.50 Å². The minimum absolute atomic E-state index is 0.274. The fraction of sp³-hybridized carbons (Fsp3) is 0.214. The standard InChI is InChI=1S/C14H15FN2O/c1-10(18)13-4-3-9-16-14(13)17(2)12-7-5-11(15)6-8-12/h3-10,18H,1-2H3/t10-/m0/s1. The molecular formula is C14H15FN2O. The van der Waals surface area contributed by atoms with Gasteiger partial charge in [-0.25, -0.2) is 9.37 Å². The fourth-order valence-electron chi connectivity index (χ4n) is 1.80. The van der Waals surface area contributed by atoms with Crippen molar-refractivity contribution in [2.45, 2.75) is 13.0 Å². The number of aromatic nitrogens is 1. The summed E-state index contributed by atoms with van der Waals surface area (Å²) in [6.45, 7) is 1.69. The van der Waals surface area contributed by atoms with Crippen molar-refractivity contribution in [2.75, 3.05) is 11.9 Å². The number of nitrogens with zero attached hydrogens (tertiary/aromatic N) is 2. The largest absolute Gasteiger partial charge is 0.389 e. The van der Waals surface area contributed by atoms with Crippen LogP contribution in [0, 0.1) is 5.82 Å². The minimum atomic E-state index is -0.600. The maximum Gasteiger partial charge on any atom is 0.138 e. The number of anilines is 2. The van der Waals surface area contributed by atoms with Gasteiger partial charge in [0.1, 0.15) is 11.6 Å². The van der Waals surface area contributed by atoms with Crippen molar-refractivity contribution >= 4 is 11.5 Å². The molecule has 0 saturated heterocycles. The predicted octanol–water partition coefficient (Wildman–Crippen LogP) is 3.04. The molecule has 0 spiro atoms. The van der Waals surface area contributed by atoms with Gasteiger partial charge >= 0.3 is 0 Å². The van der Waals surface area contributed by atoms with E-state index in [1.807, 2.05) is 18.0 Å². The van der Waals surface area contributed by atoms with Crippen molar-refractivity contribution in [2.24, 2.45) is 0 Å². The first-order valence-electron chi connectivity index (χ1n) is 5.72. The summed E-state index contributed by atoms with van der Waals surface area (Å²) in [6.07, 6.45) is 1.07. The van der Waals surface area contributed by atoms with Gasteiger partial charge in [0, 0.05) is 24.5 Å². The zero-order valence-corrected chi connectivity index (χ0v) is 10.3. The third-order valence-corrected chi connectivity index (χ3v) is 2.80. The molecule has 0 amide bonds. The van der Waals surface area contributed by atoms with Gasteiger partial charge < -0.3 is 10.0 Å². The van der Waals surface area contributed by atoms with Gasteiger partial charge in [-0.05, 0) is 37.3 Å². The molecule has 1 aromatic carbocycles. The molecule has 4 heteroatoms. The molecule has 0 unspecified atom stereocenters. The van der Waals surface area contributed by atoms with E-state index in [0.717, 1.165) is 11.3 Å². The highest BCUT2D eigenvalue weighted by molar-refractivity contribution is 5.62. The second-order valence-corrected chi connectivity index (χ2v) is 4.13. The SMILES string of the molecule is C[C@H](O)c1cccnc1N(C)c1ccc(F)cc1. The lowest BCUT2D eigenvalue weighted by molar-refractivity contribution is 0.199. The molecule has 2 rings (SSSR count). The molecule has 3 nitrogen and oxygen atoms in total. The zero-order chi connectivity index (χ0) is 13.1. The Balaban J connectivity index is 2.39. The van der Waals surface area contributed by atoms with E-state index in [1.54, 1.807) is 31.3 Å². The van der Waals surface area contributed by atoms with Crippen molar-refractivity contribution in [1.29, 1.82) is 0 Å². The topological polar surface area (TPSA) is 36.4 Å². The lowest BCUT2D eigenvalue weighted by atomic mass is 10.1. The Labute approximate surface area is 106 Å². The van der Waals surface area contributed by atoms with Crippen molar-refractivity contribution in [3.8, 4) is 0 Å². The van der Waals surface area contributed by atoms with Gasteiger partial charge in [0.15, 0.2) is 0 Å². The van der Waals surface area contributed by atoms with E-state index in [2.05, 4.69) is 4.98 Å². The highest BCUT2D eigenvalue weighted by atomic mass is 19.1. The Kier molecular flexibility index (Phi) is 3.58. The average Bonchev–Trinajstić information content (AvgIpc) is 2.39. The quantitative estimate of drug-likeness (QED) is 0.904. The number of pyridine rings is 1. The van der Waals surface area contributed by atoms with Gasteiger partial charge in [-0.3, -0.25) is 0 Å². The fourth-order valence-corrected chi connectivity index (χ4v) is 1.80. The predicted molar refractivity (Wildman–Crippen MR) is 69.3 cm³/mol. The Morgan fingerprint density at radius 3 is 2.50 bits per heavy atom. The van der Waals surface area contributed by atoms with Crippen LogP contribution < -0.4 is 4.90 Å². The monoisotopic (exact) mass is 246 g/mol. The third-order valence-electron chi connectivity index (χ3n) is 2.80. The smallest absolute Gasteiger partial charge is 0.138 e. The van der Waals surface area contributed by atoms with E-state index < -0.39 is 6.10 Å². The lowest BCUT2D eigenvalue weighted by Gasteiger charge is -2.22. The van der Waals surface area contributed by atoms with Crippen molar-refractivity contribution in [1.82, 2.24) is 4.98 Å². The summed E-state index contributed by atoms with van der Waals surface area (Å²) < 4.78 is 12.9. The van der Waals surface area contributed by atoms with Crippen molar-refractivity contribution in [3.63, 3.8) is 0 Å². The average molecular weight is 246 g/mol. The number of aliphatic hydroxyl groups excluding tert-OH is 1. The Hall–Kier alpha value is -1.94. The van der Waals surface area contributed by atoms with E-state index in [-0.39, 0.29) is 5.82 Å². The molecule has 0 bridgehead atoms. The van der Waals surface area contributed by atoms with Crippen LogP contribution in [0.2, 0.25) is 0 Å². The van der Waals surface area contributed by atoms with Crippen LogP contribution in [0.25, 0.3) is 0 Å². The number of hydrogen-bond donors (Lipinski definition) is 1. The molecule has 0 aliphatic rings. The van der Waals surface area contributed by atoms with E-state index in [4.69, 9.17) is 0 Å². The van der Waals surface area contributed by atoms with Gasteiger partial charge in [0.2, 0.25) is 0 Å². The van der Waals surface area contributed by atoms with Gasteiger partial charge in [-0.2, -0.15) is 0 Å². The van der Waals surface area contributed by atoms with Crippen LogP contribution >= 0.6 is 0 Å². The van der Waals surface area contributed by atoms with E-state index >= 15 is 0 Å². The first kappa shape index (κ1) is 12.5. The number of rotatable bonds is 3. The first-order chi connectivity index (χ1) is 8.59. The summed E-state index contributed by atoms with van der Waals surface area (Å²) in [5.74, 6) is 0.392. The first-order valence-corrected chi connectivity index (χ1v) is 5.72. The van der Waals surface area contributed by atoms with Crippen LogP contribution in [0.3, 0.4) is 0 Å². The molecule has 1 aromatic heterocycles. The summed E-state index contributed by atoms with van der Waals surface area (Å²) in [5, 5.41) is 9.72. The van der Waals surface area contributed by atoms with Crippen molar-refractivity contribution in [3.05, 3.63) is 54.0 Å². The number of halogens is 1. The number of hydrogen-bond acceptors (Lipinski definition) is 3. The van der Waals surface area contributed by atoms with Crippen LogP contribution in [-0.4, -0.2) is 17.1 Å². The molecule has 1 atom stereocenters. The highest BCUT2D eigenvalue weighted by Gasteiger charge is 2.13. The molecule has 94 valence electrons. The number of benzene rings is 1. The Morgan fingerprint density at radius 1 is 1.22 bits per heavy atom. The molecule has 0 saturated carbocycles. The van der Waals surface area contributed by atoms with E-state index in [9.17, 15) is 9.50 Å². The normalized spacial score (nSPS) is 12.2. The summed E-state index contributed by atoms with van der Waals surface area (Å²) >= 11 is 0. The van der Waals surface area contributed by atoms with E-state index in [0.29, 0.717) is 5.82 Å². The lowest BCUT2D eigenvalue weighted by Crippen LogP contribution is -2.14. The molecule has 2 aromatic rings. The van der Waals surface area contributed by atoms with Crippen LogP contribution in [0.1, 0.15) is 18.6 Å². The molecule has 18 heavy (non-hydrogen) atoms. The van der Waals surface area contributed by atoms with Gasteiger partial charge in [0.25, 0.3) is 0 Å². The molecule has 0 fully saturated rings. The molecule has 0 aliphatic heterocycles. The van der Waals surface area contributed by atoms with Gasteiger partial charge in [0.05, 0.1) is 6.10 Å². The summed E-state index contributed by atoms with van der Waals surface area (Å²) in [7, 11) is 1.83. The van der Waals surface area contributed by atoms with Crippen LogP contribution in [-0.2, 0) is 0 Å². The summed E-state index contributed by atoms with van der Waals surface area (Å²) in [5.41, 5.74) is 1.56. The second-order valence-electron chi connectivity index (χ2n) is 4.13. The zero-order valence-electron chi connectivity index (χ0n) is 10.3. The summed E-state index contributed by atoms with van der Waals surface area (Å²) in [6, 6.07) is 9.76. The van der Waals surface area contributed by atoms with Crippen LogP contribution in [0.15, 0.2) is 42.6 Å². The maximum absolute atomic E-state index is 12.9. The molecule has 0 radical (unpaired) electrons.